The highest BCUT2D eigenvalue weighted by molar-refractivity contribution is 6.03. The number of nitrogens with one attached hydrogen (secondary N) is 1. The van der Waals surface area contributed by atoms with E-state index in [9.17, 15) is 4.79 Å². The Balaban J connectivity index is 1.95. The highest BCUT2D eigenvalue weighted by atomic mass is 16.5. The second kappa shape index (κ2) is 5.48. The van der Waals surface area contributed by atoms with Gasteiger partial charge in [-0.15, -0.1) is 0 Å². The van der Waals surface area contributed by atoms with Crippen molar-refractivity contribution in [3.05, 3.63) is 59.2 Å². The summed E-state index contributed by atoms with van der Waals surface area (Å²) in [4.78, 5) is 12.2. The molecule has 0 bridgehead atoms. The van der Waals surface area contributed by atoms with Crippen molar-refractivity contribution < 1.29 is 9.32 Å². The zero-order valence-corrected chi connectivity index (χ0v) is 12.6. The van der Waals surface area contributed by atoms with Crippen molar-refractivity contribution in [2.24, 2.45) is 0 Å². The van der Waals surface area contributed by atoms with E-state index in [4.69, 9.17) is 4.52 Å². The molecule has 3 rings (SSSR count). The lowest BCUT2D eigenvalue weighted by atomic mass is 10.2. The van der Waals surface area contributed by atoms with Gasteiger partial charge < -0.3 is 9.84 Å². The Morgan fingerprint density at radius 2 is 1.91 bits per heavy atom. The Morgan fingerprint density at radius 3 is 2.55 bits per heavy atom. The summed E-state index contributed by atoms with van der Waals surface area (Å²) in [5.41, 5.74) is 4.04. The van der Waals surface area contributed by atoms with E-state index in [0.29, 0.717) is 11.4 Å². The first kappa shape index (κ1) is 14.1. The molecule has 3 aromatic rings. The first-order valence-corrected chi connectivity index (χ1v) is 6.92. The van der Waals surface area contributed by atoms with Crippen LogP contribution in [0.4, 0.5) is 5.69 Å². The van der Waals surface area contributed by atoms with Crippen molar-refractivity contribution >= 4 is 11.6 Å². The molecule has 2 aromatic heterocycles. The van der Waals surface area contributed by atoms with Gasteiger partial charge in [0, 0.05) is 11.8 Å². The van der Waals surface area contributed by atoms with E-state index in [1.54, 1.807) is 17.7 Å². The molecular formula is C16H16N4O2. The molecule has 0 aliphatic rings. The van der Waals surface area contributed by atoms with Gasteiger partial charge in [-0.25, -0.2) is 4.68 Å². The third-order valence-corrected chi connectivity index (χ3v) is 3.24. The molecule has 1 aromatic carbocycles. The number of amides is 1. The van der Waals surface area contributed by atoms with Gasteiger partial charge in [0.25, 0.3) is 5.91 Å². The van der Waals surface area contributed by atoms with Crippen LogP contribution in [-0.4, -0.2) is 20.8 Å². The summed E-state index contributed by atoms with van der Waals surface area (Å²) < 4.78 is 6.79. The van der Waals surface area contributed by atoms with E-state index >= 15 is 0 Å². The van der Waals surface area contributed by atoms with Crippen LogP contribution in [0.15, 0.2) is 40.9 Å². The first-order chi connectivity index (χ1) is 10.5. The van der Waals surface area contributed by atoms with Crippen LogP contribution < -0.4 is 5.32 Å². The SMILES string of the molecule is Cc1cc(C(=O)Nc2ccccc2-n2nc(C)cc2C)on1. The minimum atomic E-state index is -0.338. The topological polar surface area (TPSA) is 73.0 Å². The number of anilines is 1. The Bertz CT molecular complexity index is 832. The van der Waals surface area contributed by atoms with Gasteiger partial charge in [-0.1, -0.05) is 17.3 Å². The van der Waals surface area contributed by atoms with E-state index in [1.807, 2.05) is 44.2 Å². The van der Waals surface area contributed by atoms with Crippen LogP contribution in [0, 0.1) is 20.8 Å². The molecule has 112 valence electrons. The number of carbonyl (C=O) groups excluding carboxylic acids is 1. The van der Waals surface area contributed by atoms with E-state index in [1.165, 1.54) is 0 Å². The molecule has 0 radical (unpaired) electrons. The number of aryl methyl sites for hydroxylation is 3. The van der Waals surface area contributed by atoms with Gasteiger partial charge >= 0.3 is 0 Å². The fraction of sp³-hybridized carbons (Fsp3) is 0.188. The fourth-order valence-electron chi connectivity index (χ4n) is 2.29. The maximum absolute atomic E-state index is 12.2. The van der Waals surface area contributed by atoms with Crippen LogP contribution >= 0.6 is 0 Å². The number of hydrogen-bond donors (Lipinski definition) is 1. The molecule has 0 fully saturated rings. The predicted molar refractivity (Wildman–Crippen MR) is 82.2 cm³/mol. The van der Waals surface area contributed by atoms with Crippen LogP contribution in [0.3, 0.4) is 0 Å². The van der Waals surface area contributed by atoms with Crippen LogP contribution in [-0.2, 0) is 0 Å². The second-order valence-electron chi connectivity index (χ2n) is 5.14. The minimum Gasteiger partial charge on any atom is -0.351 e. The molecule has 0 saturated heterocycles. The van der Waals surface area contributed by atoms with Gasteiger partial charge in [0.2, 0.25) is 5.76 Å². The summed E-state index contributed by atoms with van der Waals surface area (Å²) in [7, 11) is 0. The predicted octanol–water partition coefficient (Wildman–Crippen LogP) is 3.04. The number of aromatic nitrogens is 3. The van der Waals surface area contributed by atoms with Gasteiger partial charge in [0.05, 0.1) is 22.8 Å². The van der Waals surface area contributed by atoms with Crippen LogP contribution in [0.5, 0.6) is 0 Å². The number of benzene rings is 1. The van der Waals surface area contributed by atoms with Crippen LogP contribution in [0.1, 0.15) is 27.6 Å². The summed E-state index contributed by atoms with van der Waals surface area (Å²) in [5, 5.41) is 11.0. The fourth-order valence-corrected chi connectivity index (χ4v) is 2.29. The minimum absolute atomic E-state index is 0.181. The molecule has 6 nitrogen and oxygen atoms in total. The molecular weight excluding hydrogens is 280 g/mol. The van der Waals surface area contributed by atoms with E-state index in [-0.39, 0.29) is 11.7 Å². The van der Waals surface area contributed by atoms with E-state index < -0.39 is 0 Å². The summed E-state index contributed by atoms with van der Waals surface area (Å²) in [6.45, 7) is 5.67. The average molecular weight is 296 g/mol. The van der Waals surface area contributed by atoms with Crippen molar-refractivity contribution in [3.63, 3.8) is 0 Å². The standard InChI is InChI=1S/C16H16N4O2/c1-10-8-12(3)20(18-10)14-7-5-4-6-13(14)17-16(21)15-9-11(2)19-22-15/h4-9H,1-3H3,(H,17,21). The van der Waals surface area contributed by atoms with Crippen molar-refractivity contribution in [2.45, 2.75) is 20.8 Å². The van der Waals surface area contributed by atoms with Crippen molar-refractivity contribution in [1.82, 2.24) is 14.9 Å². The van der Waals surface area contributed by atoms with Gasteiger partial charge in [0.15, 0.2) is 0 Å². The van der Waals surface area contributed by atoms with Crippen LogP contribution in [0.25, 0.3) is 5.69 Å². The Labute approximate surface area is 127 Å². The van der Waals surface area contributed by atoms with Gasteiger partial charge in [-0.2, -0.15) is 5.10 Å². The van der Waals surface area contributed by atoms with E-state index in [0.717, 1.165) is 17.1 Å². The van der Waals surface area contributed by atoms with Crippen molar-refractivity contribution in [3.8, 4) is 5.69 Å². The van der Waals surface area contributed by atoms with Gasteiger partial charge in [0.1, 0.15) is 0 Å². The molecule has 2 heterocycles. The van der Waals surface area contributed by atoms with E-state index in [2.05, 4.69) is 15.6 Å². The highest BCUT2D eigenvalue weighted by Gasteiger charge is 2.15. The van der Waals surface area contributed by atoms with Crippen LogP contribution in [0.2, 0.25) is 0 Å². The summed E-state index contributed by atoms with van der Waals surface area (Å²) in [6.07, 6.45) is 0. The lowest BCUT2D eigenvalue weighted by Crippen LogP contribution is -2.13. The zero-order chi connectivity index (χ0) is 15.7. The maximum Gasteiger partial charge on any atom is 0.294 e. The molecule has 0 aliphatic heterocycles. The number of rotatable bonds is 3. The number of hydrogen-bond acceptors (Lipinski definition) is 4. The molecule has 1 amide bonds. The number of carbonyl (C=O) groups is 1. The Hall–Kier alpha value is -2.89. The monoisotopic (exact) mass is 296 g/mol. The molecule has 0 atom stereocenters. The molecule has 0 saturated carbocycles. The Morgan fingerprint density at radius 1 is 1.14 bits per heavy atom. The highest BCUT2D eigenvalue weighted by Crippen LogP contribution is 2.22. The van der Waals surface area contributed by atoms with Crippen molar-refractivity contribution in [1.29, 1.82) is 0 Å². The molecule has 6 heteroatoms. The van der Waals surface area contributed by atoms with Gasteiger partial charge in [-0.3, -0.25) is 4.79 Å². The molecule has 0 aliphatic carbocycles. The molecule has 1 N–H and O–H groups in total. The zero-order valence-electron chi connectivity index (χ0n) is 12.6. The summed E-state index contributed by atoms with van der Waals surface area (Å²) >= 11 is 0. The maximum atomic E-state index is 12.2. The average Bonchev–Trinajstić information content (AvgIpc) is 3.05. The quantitative estimate of drug-likeness (QED) is 0.806. The first-order valence-electron chi connectivity index (χ1n) is 6.92. The number of para-hydroxylation sites is 2. The summed E-state index contributed by atoms with van der Waals surface area (Å²) in [5.74, 6) is -0.157. The number of nitrogens with zero attached hydrogens (tertiary/aromatic N) is 3. The van der Waals surface area contributed by atoms with Crippen molar-refractivity contribution in [2.75, 3.05) is 5.32 Å². The third-order valence-electron chi connectivity index (χ3n) is 3.24. The second-order valence-corrected chi connectivity index (χ2v) is 5.14. The largest absolute Gasteiger partial charge is 0.351 e. The molecule has 0 spiro atoms. The lowest BCUT2D eigenvalue weighted by molar-refractivity contribution is 0.0988. The lowest BCUT2D eigenvalue weighted by Gasteiger charge is -2.11. The molecule has 22 heavy (non-hydrogen) atoms. The third kappa shape index (κ3) is 2.63. The van der Waals surface area contributed by atoms with Gasteiger partial charge in [-0.05, 0) is 39.0 Å². The smallest absolute Gasteiger partial charge is 0.294 e. The normalized spacial score (nSPS) is 10.7. The summed E-state index contributed by atoms with van der Waals surface area (Å²) in [6, 6.07) is 11.1. The Kier molecular flexibility index (Phi) is 3.50. The molecule has 0 unspecified atom stereocenters.